The molecule has 0 aromatic heterocycles. The summed E-state index contributed by atoms with van der Waals surface area (Å²) in [5.41, 5.74) is 0. The largest absolute Gasteiger partial charge is 0.338 e. The van der Waals surface area contributed by atoms with Crippen molar-refractivity contribution in [3.05, 3.63) is 0 Å². The zero-order valence-electron chi connectivity index (χ0n) is 21.0. The van der Waals surface area contributed by atoms with Crippen molar-refractivity contribution < 1.29 is 4.79 Å². The lowest BCUT2D eigenvalue weighted by Gasteiger charge is -2.26. The molecule has 1 heterocycles. The summed E-state index contributed by atoms with van der Waals surface area (Å²) in [6, 6.07) is 0.0135. The number of rotatable bonds is 21. The summed E-state index contributed by atoms with van der Waals surface area (Å²) in [7, 11) is 0. The summed E-state index contributed by atoms with van der Waals surface area (Å²) in [5.74, 6) is 0. The minimum Gasteiger partial charge on any atom is -0.338 e. The van der Waals surface area contributed by atoms with Crippen molar-refractivity contribution in [3.8, 4) is 0 Å². The van der Waals surface area contributed by atoms with E-state index in [-0.39, 0.29) is 6.03 Å². The van der Waals surface area contributed by atoms with E-state index < -0.39 is 0 Å². The van der Waals surface area contributed by atoms with Crippen LogP contribution >= 0.6 is 0 Å². The van der Waals surface area contributed by atoms with Crippen LogP contribution in [0.4, 0.5) is 4.79 Å². The van der Waals surface area contributed by atoms with Crippen molar-refractivity contribution in [2.45, 2.75) is 135 Å². The Morgan fingerprint density at radius 2 is 1.00 bits per heavy atom. The topological polar surface area (TPSA) is 44.4 Å². The van der Waals surface area contributed by atoms with E-state index in [0.29, 0.717) is 0 Å². The fourth-order valence-corrected chi connectivity index (χ4v) is 4.63. The number of piperidine rings is 1. The molecule has 31 heavy (non-hydrogen) atoms. The van der Waals surface area contributed by atoms with Gasteiger partial charge >= 0.3 is 6.03 Å². The minimum atomic E-state index is 0.0135. The standard InChI is InChI=1S/C27H55N3O/c1-2-3-4-5-6-7-8-9-10-11-12-13-14-15-16-18-22-28-27(31)29-23-21-26-30-24-19-17-20-25-30/h2-26H2,1H3,(H2,28,29,31). The molecule has 4 heteroatoms. The summed E-state index contributed by atoms with van der Waals surface area (Å²) < 4.78 is 0. The second-order valence-electron chi connectivity index (χ2n) is 9.74. The fraction of sp³-hybridized carbons (Fsp3) is 0.963. The molecule has 1 aliphatic heterocycles. The second kappa shape index (κ2) is 22.4. The molecule has 2 amide bonds. The van der Waals surface area contributed by atoms with Gasteiger partial charge in [0.25, 0.3) is 0 Å². The Morgan fingerprint density at radius 1 is 0.581 bits per heavy atom. The van der Waals surface area contributed by atoms with Crippen LogP contribution in [-0.4, -0.2) is 43.7 Å². The quantitative estimate of drug-likeness (QED) is 0.183. The highest BCUT2D eigenvalue weighted by atomic mass is 16.2. The van der Waals surface area contributed by atoms with E-state index in [4.69, 9.17) is 0 Å². The van der Waals surface area contributed by atoms with E-state index in [1.54, 1.807) is 0 Å². The van der Waals surface area contributed by atoms with E-state index in [2.05, 4.69) is 22.5 Å². The first-order valence-electron chi connectivity index (χ1n) is 14.1. The molecule has 0 spiro atoms. The average molecular weight is 438 g/mol. The van der Waals surface area contributed by atoms with Gasteiger partial charge in [-0.1, -0.05) is 110 Å². The molecular weight excluding hydrogens is 382 g/mol. The monoisotopic (exact) mass is 437 g/mol. The van der Waals surface area contributed by atoms with E-state index >= 15 is 0 Å². The van der Waals surface area contributed by atoms with Crippen molar-refractivity contribution in [2.75, 3.05) is 32.7 Å². The normalized spacial score (nSPS) is 14.6. The maximum atomic E-state index is 11.8. The average Bonchev–Trinajstić information content (AvgIpc) is 2.79. The number of carbonyl (C=O) groups excluding carboxylic acids is 1. The Balaban J connectivity index is 1.70. The molecule has 1 rings (SSSR count). The molecule has 2 N–H and O–H groups in total. The van der Waals surface area contributed by atoms with E-state index in [1.807, 2.05) is 0 Å². The van der Waals surface area contributed by atoms with Crippen LogP contribution in [0.15, 0.2) is 0 Å². The van der Waals surface area contributed by atoms with Crippen LogP contribution in [0.25, 0.3) is 0 Å². The molecule has 4 nitrogen and oxygen atoms in total. The van der Waals surface area contributed by atoms with Gasteiger partial charge < -0.3 is 15.5 Å². The molecule has 0 unspecified atom stereocenters. The summed E-state index contributed by atoms with van der Waals surface area (Å²) >= 11 is 0. The van der Waals surface area contributed by atoms with Gasteiger partial charge in [0.1, 0.15) is 0 Å². The first-order chi connectivity index (χ1) is 15.3. The van der Waals surface area contributed by atoms with Crippen LogP contribution in [0.2, 0.25) is 0 Å². The van der Waals surface area contributed by atoms with Crippen molar-refractivity contribution in [1.82, 2.24) is 15.5 Å². The number of urea groups is 1. The first kappa shape index (κ1) is 28.3. The minimum absolute atomic E-state index is 0.0135. The third kappa shape index (κ3) is 19.6. The predicted molar refractivity (Wildman–Crippen MR) is 136 cm³/mol. The number of nitrogens with one attached hydrogen (secondary N) is 2. The Hall–Kier alpha value is -0.770. The molecule has 1 fully saturated rings. The van der Waals surface area contributed by atoms with Gasteiger partial charge in [-0.3, -0.25) is 0 Å². The highest BCUT2D eigenvalue weighted by Crippen LogP contribution is 2.13. The molecule has 0 radical (unpaired) electrons. The number of carbonyl (C=O) groups is 1. The van der Waals surface area contributed by atoms with Crippen molar-refractivity contribution in [3.63, 3.8) is 0 Å². The Morgan fingerprint density at radius 3 is 1.48 bits per heavy atom. The molecule has 1 saturated heterocycles. The number of nitrogens with zero attached hydrogens (tertiary/aromatic N) is 1. The third-order valence-electron chi connectivity index (χ3n) is 6.70. The molecule has 184 valence electrons. The Kier molecular flexibility index (Phi) is 20.4. The highest BCUT2D eigenvalue weighted by Gasteiger charge is 2.09. The second-order valence-corrected chi connectivity index (χ2v) is 9.74. The zero-order chi connectivity index (χ0) is 22.2. The molecular formula is C27H55N3O. The van der Waals surface area contributed by atoms with Crippen molar-refractivity contribution in [2.24, 2.45) is 0 Å². The predicted octanol–water partition coefficient (Wildman–Crippen LogP) is 7.42. The Labute approximate surface area is 194 Å². The summed E-state index contributed by atoms with van der Waals surface area (Å²) in [6.07, 6.45) is 27.3. The lowest BCUT2D eigenvalue weighted by Crippen LogP contribution is -2.38. The number of hydrogen-bond donors (Lipinski definition) is 2. The lowest BCUT2D eigenvalue weighted by molar-refractivity contribution is 0.222. The molecule has 0 saturated carbocycles. The van der Waals surface area contributed by atoms with Gasteiger partial charge in [-0.05, 0) is 45.3 Å². The first-order valence-corrected chi connectivity index (χ1v) is 14.1. The maximum absolute atomic E-state index is 11.8. The maximum Gasteiger partial charge on any atom is 0.314 e. The van der Waals surface area contributed by atoms with Crippen LogP contribution in [-0.2, 0) is 0 Å². The number of unbranched alkanes of at least 4 members (excludes halogenated alkanes) is 15. The van der Waals surface area contributed by atoms with Crippen molar-refractivity contribution >= 4 is 6.03 Å². The molecule has 0 atom stereocenters. The Bertz CT molecular complexity index is 383. The van der Waals surface area contributed by atoms with Crippen LogP contribution in [0.1, 0.15) is 135 Å². The zero-order valence-corrected chi connectivity index (χ0v) is 21.0. The van der Waals surface area contributed by atoms with Crippen LogP contribution in [0, 0.1) is 0 Å². The van der Waals surface area contributed by atoms with Gasteiger partial charge in [-0.15, -0.1) is 0 Å². The molecule has 0 aliphatic carbocycles. The smallest absolute Gasteiger partial charge is 0.314 e. The highest BCUT2D eigenvalue weighted by molar-refractivity contribution is 5.73. The van der Waals surface area contributed by atoms with Crippen LogP contribution in [0.3, 0.4) is 0 Å². The van der Waals surface area contributed by atoms with Crippen LogP contribution in [0.5, 0.6) is 0 Å². The van der Waals surface area contributed by atoms with Gasteiger partial charge in [0.2, 0.25) is 0 Å². The summed E-state index contributed by atoms with van der Waals surface area (Å²) in [6.45, 7) is 7.51. The van der Waals surface area contributed by atoms with Gasteiger partial charge in [-0.2, -0.15) is 0 Å². The van der Waals surface area contributed by atoms with E-state index in [9.17, 15) is 4.79 Å². The van der Waals surface area contributed by atoms with Gasteiger partial charge in [0.15, 0.2) is 0 Å². The number of likely N-dealkylation sites (tertiary alicyclic amines) is 1. The van der Waals surface area contributed by atoms with Crippen LogP contribution < -0.4 is 10.6 Å². The number of hydrogen-bond acceptors (Lipinski definition) is 2. The van der Waals surface area contributed by atoms with Crippen molar-refractivity contribution in [1.29, 1.82) is 0 Å². The summed E-state index contributed by atoms with van der Waals surface area (Å²) in [4.78, 5) is 14.3. The molecule has 0 aromatic rings. The molecule has 0 aromatic carbocycles. The van der Waals surface area contributed by atoms with Gasteiger partial charge in [0.05, 0.1) is 0 Å². The lowest BCUT2D eigenvalue weighted by atomic mass is 10.0. The molecule has 0 bridgehead atoms. The molecule has 1 aliphatic rings. The van der Waals surface area contributed by atoms with Gasteiger partial charge in [0, 0.05) is 13.1 Å². The third-order valence-corrected chi connectivity index (χ3v) is 6.70. The fourth-order valence-electron chi connectivity index (χ4n) is 4.63. The van der Waals surface area contributed by atoms with Gasteiger partial charge in [-0.25, -0.2) is 4.79 Å². The van der Waals surface area contributed by atoms with E-state index in [0.717, 1.165) is 32.5 Å². The van der Waals surface area contributed by atoms with E-state index in [1.165, 1.54) is 129 Å². The SMILES string of the molecule is CCCCCCCCCCCCCCCCCCNC(=O)NCCCN1CCCCC1. The number of amides is 2. The summed E-state index contributed by atoms with van der Waals surface area (Å²) in [5, 5.41) is 6.01.